The van der Waals surface area contributed by atoms with Crippen molar-refractivity contribution < 1.29 is 13.6 Å². The minimum atomic E-state index is -0.770. The lowest BCUT2D eigenvalue weighted by atomic mass is 9.85. The van der Waals surface area contributed by atoms with Crippen molar-refractivity contribution in [1.82, 2.24) is 5.01 Å². The average molecular weight is 421 g/mol. The topological polar surface area (TPSA) is 32.7 Å². The van der Waals surface area contributed by atoms with Gasteiger partial charge in [0.25, 0.3) is 5.91 Å². The lowest BCUT2D eigenvalue weighted by molar-refractivity contribution is -0.135. The molecule has 3 rings (SSSR count). The molecule has 0 spiro atoms. The molecule has 0 fully saturated rings. The predicted molar refractivity (Wildman–Crippen MR) is 101 cm³/mol. The van der Waals surface area contributed by atoms with Crippen molar-refractivity contribution in [2.45, 2.75) is 37.1 Å². The van der Waals surface area contributed by atoms with Gasteiger partial charge in [-0.3, -0.25) is 4.79 Å². The van der Waals surface area contributed by atoms with E-state index < -0.39 is 22.0 Å². The number of alkyl halides is 1. The number of hydrogen-bond donors (Lipinski definition) is 0. The summed E-state index contributed by atoms with van der Waals surface area (Å²) in [7, 11) is 0. The summed E-state index contributed by atoms with van der Waals surface area (Å²) in [5.74, 6) is -1.30. The highest BCUT2D eigenvalue weighted by Crippen LogP contribution is 2.40. The number of hydrazone groups is 1. The molecule has 2 aromatic carbocycles. The normalized spacial score (nSPS) is 20.8. The van der Waals surface area contributed by atoms with Crippen molar-refractivity contribution >= 4 is 27.5 Å². The zero-order valence-electron chi connectivity index (χ0n) is 14.5. The molecule has 2 unspecified atom stereocenters. The van der Waals surface area contributed by atoms with E-state index in [2.05, 4.69) is 21.0 Å². The molecule has 26 heavy (non-hydrogen) atoms. The van der Waals surface area contributed by atoms with E-state index in [0.29, 0.717) is 18.6 Å². The van der Waals surface area contributed by atoms with Gasteiger partial charge < -0.3 is 0 Å². The van der Waals surface area contributed by atoms with Crippen molar-refractivity contribution in [2.75, 3.05) is 0 Å². The van der Waals surface area contributed by atoms with Crippen molar-refractivity contribution in [1.29, 1.82) is 0 Å². The highest BCUT2D eigenvalue weighted by Gasteiger charge is 2.45. The maximum absolute atomic E-state index is 14.3. The maximum atomic E-state index is 14.3. The summed E-state index contributed by atoms with van der Waals surface area (Å²) in [6.45, 7) is 3.79. The molecule has 1 amide bonds. The second kappa shape index (κ2) is 7.27. The largest absolute Gasteiger partial charge is 0.272 e. The third kappa shape index (κ3) is 3.30. The number of benzene rings is 2. The van der Waals surface area contributed by atoms with Crippen molar-refractivity contribution in [3.8, 4) is 0 Å². The number of halogens is 3. The highest BCUT2D eigenvalue weighted by atomic mass is 79.9. The molecule has 2 aromatic rings. The zero-order valence-corrected chi connectivity index (χ0v) is 16.1. The van der Waals surface area contributed by atoms with Gasteiger partial charge in [0.2, 0.25) is 0 Å². The molecule has 0 N–H and O–H groups in total. The standard InChI is InChI=1S/C20H19BrF2N2O/c1-3-16(21)19(26)25-20(2,13-7-5-4-6-8-13)12-18(24-25)15-11-14(22)9-10-17(15)23/h4-11,16H,3,12H2,1-2H3. The summed E-state index contributed by atoms with van der Waals surface area (Å²) in [5.41, 5.74) is 0.565. The van der Waals surface area contributed by atoms with Gasteiger partial charge >= 0.3 is 0 Å². The van der Waals surface area contributed by atoms with Crippen molar-refractivity contribution in [3.63, 3.8) is 0 Å². The van der Waals surface area contributed by atoms with Crippen LogP contribution < -0.4 is 0 Å². The molecule has 0 bridgehead atoms. The molecular formula is C20H19BrF2N2O. The average Bonchev–Trinajstić information content (AvgIpc) is 3.01. The first-order valence-electron chi connectivity index (χ1n) is 8.43. The first-order chi connectivity index (χ1) is 12.4. The van der Waals surface area contributed by atoms with Crippen LogP contribution in [0, 0.1) is 11.6 Å². The molecule has 0 saturated carbocycles. The SMILES string of the molecule is CCC(Br)C(=O)N1N=C(c2cc(F)ccc2F)CC1(C)c1ccccc1. The molecule has 1 heterocycles. The Balaban J connectivity index is 2.09. The van der Waals surface area contributed by atoms with Crippen molar-refractivity contribution in [2.24, 2.45) is 5.10 Å². The summed E-state index contributed by atoms with van der Waals surface area (Å²) < 4.78 is 27.9. The van der Waals surface area contributed by atoms with Gasteiger partial charge in [-0.15, -0.1) is 0 Å². The Kier molecular flexibility index (Phi) is 5.23. The van der Waals surface area contributed by atoms with Crippen LogP contribution in [-0.2, 0) is 10.3 Å². The number of carbonyl (C=O) groups excluding carboxylic acids is 1. The number of nitrogens with zero attached hydrogens (tertiary/aromatic N) is 2. The quantitative estimate of drug-likeness (QED) is 0.641. The van der Waals surface area contributed by atoms with Gasteiger partial charge in [0.05, 0.1) is 16.1 Å². The van der Waals surface area contributed by atoms with Crippen LogP contribution in [0.4, 0.5) is 8.78 Å². The minimum Gasteiger partial charge on any atom is -0.272 e. The van der Waals surface area contributed by atoms with Crippen LogP contribution in [0.1, 0.15) is 37.8 Å². The van der Waals surface area contributed by atoms with Crippen LogP contribution in [0.3, 0.4) is 0 Å². The van der Waals surface area contributed by atoms with E-state index >= 15 is 0 Å². The molecule has 0 saturated heterocycles. The fourth-order valence-corrected chi connectivity index (χ4v) is 3.35. The molecule has 1 aliphatic rings. The second-order valence-electron chi connectivity index (χ2n) is 6.51. The Hall–Kier alpha value is -2.08. The van der Waals surface area contributed by atoms with Crippen LogP contribution in [0.5, 0.6) is 0 Å². The Morgan fingerprint density at radius 3 is 2.62 bits per heavy atom. The highest BCUT2D eigenvalue weighted by molar-refractivity contribution is 9.10. The number of amides is 1. The minimum absolute atomic E-state index is 0.0880. The number of carbonyl (C=O) groups is 1. The van der Waals surface area contributed by atoms with E-state index in [9.17, 15) is 13.6 Å². The molecule has 0 radical (unpaired) electrons. The second-order valence-corrected chi connectivity index (χ2v) is 7.62. The summed E-state index contributed by atoms with van der Waals surface area (Å²) in [4.78, 5) is 12.5. The molecular weight excluding hydrogens is 402 g/mol. The van der Waals surface area contributed by atoms with Crippen molar-refractivity contribution in [3.05, 3.63) is 71.3 Å². The zero-order chi connectivity index (χ0) is 18.9. The van der Waals surface area contributed by atoms with E-state index in [-0.39, 0.29) is 11.5 Å². The molecule has 136 valence electrons. The molecule has 0 aromatic heterocycles. The molecule has 6 heteroatoms. The smallest absolute Gasteiger partial charge is 0.257 e. The van der Waals surface area contributed by atoms with Gasteiger partial charge in [-0.05, 0) is 37.1 Å². The molecule has 2 atom stereocenters. The van der Waals surface area contributed by atoms with Gasteiger partial charge in [-0.1, -0.05) is 53.2 Å². The van der Waals surface area contributed by atoms with E-state index in [1.54, 1.807) is 0 Å². The first kappa shape index (κ1) is 18.7. The fourth-order valence-electron chi connectivity index (χ4n) is 3.16. The Morgan fingerprint density at radius 1 is 1.27 bits per heavy atom. The Labute approximate surface area is 159 Å². The van der Waals surface area contributed by atoms with Crippen LogP contribution in [0.15, 0.2) is 53.6 Å². The van der Waals surface area contributed by atoms with E-state index in [1.165, 1.54) is 5.01 Å². The fraction of sp³-hybridized carbons (Fsp3) is 0.300. The lowest BCUT2D eigenvalue weighted by Crippen LogP contribution is -2.44. The lowest BCUT2D eigenvalue weighted by Gasteiger charge is -2.34. The summed E-state index contributed by atoms with van der Waals surface area (Å²) in [5, 5.41) is 5.83. The van der Waals surface area contributed by atoms with Crippen LogP contribution in [0.25, 0.3) is 0 Å². The third-order valence-corrected chi connectivity index (χ3v) is 5.71. The third-order valence-electron chi connectivity index (χ3n) is 4.67. The van der Waals surface area contributed by atoms with Crippen LogP contribution >= 0.6 is 15.9 Å². The molecule has 3 nitrogen and oxygen atoms in total. The Bertz CT molecular complexity index is 856. The van der Waals surface area contributed by atoms with Gasteiger partial charge in [0.1, 0.15) is 11.6 Å². The number of rotatable bonds is 4. The number of hydrogen-bond acceptors (Lipinski definition) is 2. The first-order valence-corrected chi connectivity index (χ1v) is 9.35. The monoisotopic (exact) mass is 420 g/mol. The summed E-state index contributed by atoms with van der Waals surface area (Å²) in [6.07, 6.45) is 0.895. The Morgan fingerprint density at radius 2 is 1.96 bits per heavy atom. The van der Waals surface area contributed by atoms with Crippen LogP contribution in [0.2, 0.25) is 0 Å². The van der Waals surface area contributed by atoms with E-state index in [4.69, 9.17) is 0 Å². The summed E-state index contributed by atoms with van der Waals surface area (Å²) >= 11 is 3.38. The van der Waals surface area contributed by atoms with E-state index in [0.717, 1.165) is 23.8 Å². The van der Waals surface area contributed by atoms with Gasteiger partial charge in [-0.2, -0.15) is 5.10 Å². The van der Waals surface area contributed by atoms with E-state index in [1.807, 2.05) is 44.2 Å². The summed E-state index contributed by atoms with van der Waals surface area (Å²) in [6, 6.07) is 12.8. The molecule has 0 aliphatic carbocycles. The van der Waals surface area contributed by atoms with Gasteiger partial charge in [0, 0.05) is 12.0 Å². The van der Waals surface area contributed by atoms with Gasteiger partial charge in [0.15, 0.2) is 0 Å². The predicted octanol–water partition coefficient (Wildman–Crippen LogP) is 4.99. The van der Waals surface area contributed by atoms with Gasteiger partial charge in [-0.25, -0.2) is 13.8 Å². The van der Waals surface area contributed by atoms with Crippen LogP contribution in [-0.4, -0.2) is 21.5 Å². The maximum Gasteiger partial charge on any atom is 0.257 e. The molecule has 1 aliphatic heterocycles.